The number of allylic oxidation sites excluding steroid dienone is 4. The third-order valence-corrected chi connectivity index (χ3v) is 6.86. The van der Waals surface area contributed by atoms with Gasteiger partial charge in [-0.15, -0.1) is 12.6 Å². The van der Waals surface area contributed by atoms with E-state index in [9.17, 15) is 0 Å². The van der Waals surface area contributed by atoms with Crippen LogP contribution in [-0.4, -0.2) is 9.38 Å². The maximum absolute atomic E-state index is 5.28. The van der Waals surface area contributed by atoms with Gasteiger partial charge in [-0.05, 0) is 47.2 Å². The van der Waals surface area contributed by atoms with Crippen molar-refractivity contribution in [1.29, 1.82) is 0 Å². The first-order chi connectivity index (χ1) is 14.8. The van der Waals surface area contributed by atoms with E-state index in [0.29, 0.717) is 5.92 Å². The number of hydrogen-bond acceptors (Lipinski definition) is 2. The topological polar surface area (TPSA) is 17.3 Å². The molecule has 7 rings (SSSR count). The lowest BCUT2D eigenvalue weighted by molar-refractivity contribution is 0.861. The van der Waals surface area contributed by atoms with Gasteiger partial charge in [0.2, 0.25) is 0 Å². The number of thiol groups is 1. The Bertz CT molecular complexity index is 1590. The summed E-state index contributed by atoms with van der Waals surface area (Å²) in [6.07, 6.45) is 7.73. The molecule has 3 heteroatoms. The summed E-state index contributed by atoms with van der Waals surface area (Å²) in [7, 11) is 0. The molecular weight excluding hydrogens is 384 g/mol. The Labute approximate surface area is 179 Å². The smallest absolute Gasteiger partial charge is 0.146 e. The molecule has 2 aromatic heterocycles. The van der Waals surface area contributed by atoms with Crippen LogP contribution in [0.4, 0.5) is 0 Å². The molecule has 5 aromatic rings. The fourth-order valence-corrected chi connectivity index (χ4v) is 5.52. The van der Waals surface area contributed by atoms with Crippen LogP contribution >= 0.6 is 12.6 Å². The average Bonchev–Trinajstić information content (AvgIpc) is 3.21. The van der Waals surface area contributed by atoms with Crippen molar-refractivity contribution in [2.24, 2.45) is 0 Å². The molecule has 0 N–H and O–H groups in total. The first-order valence-corrected chi connectivity index (χ1v) is 10.8. The maximum atomic E-state index is 5.28. The summed E-state index contributed by atoms with van der Waals surface area (Å²) in [6.45, 7) is 0. The number of hydrogen-bond donors (Lipinski definition) is 1. The van der Waals surface area contributed by atoms with Crippen LogP contribution in [0.25, 0.3) is 44.2 Å². The van der Waals surface area contributed by atoms with Gasteiger partial charge in [-0.2, -0.15) is 0 Å². The van der Waals surface area contributed by atoms with Crippen molar-refractivity contribution in [2.45, 2.75) is 17.2 Å². The molecule has 30 heavy (non-hydrogen) atoms. The van der Waals surface area contributed by atoms with E-state index in [2.05, 4.69) is 102 Å². The SMILES string of the molecule is Sc1ccc2c(c1)c1ccccc1n1c3c(nc21)C1=CC=CCC1c1ccccc1-3. The summed E-state index contributed by atoms with van der Waals surface area (Å²) in [5.74, 6) is 0.380. The van der Waals surface area contributed by atoms with Crippen molar-refractivity contribution in [1.82, 2.24) is 9.38 Å². The lowest BCUT2D eigenvalue weighted by atomic mass is 9.76. The largest absolute Gasteiger partial charge is 0.291 e. The molecule has 1 unspecified atom stereocenters. The van der Waals surface area contributed by atoms with Gasteiger partial charge < -0.3 is 0 Å². The zero-order chi connectivity index (χ0) is 19.8. The zero-order valence-corrected chi connectivity index (χ0v) is 17.1. The van der Waals surface area contributed by atoms with Crippen molar-refractivity contribution in [2.75, 3.05) is 0 Å². The minimum absolute atomic E-state index is 0.380. The number of benzene rings is 3. The lowest BCUT2D eigenvalue weighted by Crippen LogP contribution is -2.12. The average molecular weight is 403 g/mol. The summed E-state index contributed by atoms with van der Waals surface area (Å²) in [6, 6.07) is 23.9. The Hall–Kier alpha value is -3.30. The van der Waals surface area contributed by atoms with E-state index in [-0.39, 0.29) is 0 Å². The Morgan fingerprint density at radius 2 is 1.77 bits per heavy atom. The normalized spacial score (nSPS) is 17.1. The van der Waals surface area contributed by atoms with Gasteiger partial charge >= 0.3 is 0 Å². The second kappa shape index (κ2) is 5.87. The van der Waals surface area contributed by atoms with E-state index >= 15 is 0 Å². The molecule has 0 bridgehead atoms. The van der Waals surface area contributed by atoms with E-state index in [1.807, 2.05) is 0 Å². The van der Waals surface area contributed by atoms with Crippen LogP contribution in [0.2, 0.25) is 0 Å². The molecule has 0 radical (unpaired) electrons. The Balaban J connectivity index is 1.76. The molecule has 0 spiro atoms. The van der Waals surface area contributed by atoms with Crippen molar-refractivity contribution in [3.05, 3.63) is 96.2 Å². The van der Waals surface area contributed by atoms with Gasteiger partial charge in [-0.25, -0.2) is 4.98 Å². The van der Waals surface area contributed by atoms with Crippen molar-refractivity contribution in [3.8, 4) is 11.3 Å². The highest BCUT2D eigenvalue weighted by atomic mass is 32.1. The predicted octanol–water partition coefficient (Wildman–Crippen LogP) is 7.04. The predicted molar refractivity (Wildman–Crippen MR) is 127 cm³/mol. The summed E-state index contributed by atoms with van der Waals surface area (Å²) in [4.78, 5) is 6.25. The highest BCUT2D eigenvalue weighted by Gasteiger charge is 2.33. The van der Waals surface area contributed by atoms with Crippen LogP contribution in [0.5, 0.6) is 0 Å². The molecule has 0 fully saturated rings. The molecule has 2 heterocycles. The van der Waals surface area contributed by atoms with E-state index in [1.54, 1.807) is 0 Å². The number of pyridine rings is 1. The van der Waals surface area contributed by atoms with E-state index in [0.717, 1.165) is 22.7 Å². The number of rotatable bonds is 0. The summed E-state index contributed by atoms with van der Waals surface area (Å²) in [5.41, 5.74) is 8.57. The highest BCUT2D eigenvalue weighted by molar-refractivity contribution is 7.80. The van der Waals surface area contributed by atoms with Crippen molar-refractivity contribution in [3.63, 3.8) is 0 Å². The molecule has 3 aromatic carbocycles. The Morgan fingerprint density at radius 1 is 0.900 bits per heavy atom. The molecule has 2 nitrogen and oxygen atoms in total. The minimum Gasteiger partial charge on any atom is -0.291 e. The van der Waals surface area contributed by atoms with Gasteiger partial charge in [-0.3, -0.25) is 4.40 Å². The first-order valence-electron chi connectivity index (χ1n) is 10.3. The standard InChI is InChI=1S/C27H18N2S/c30-16-13-14-22-23(15-16)19-9-5-6-12-24(19)29-26-21-11-4-2-8-18(21)17-7-1-3-10-20(17)25(26)28-27(22)29/h1-6,8-15,17,30H,7H2. The van der Waals surface area contributed by atoms with E-state index < -0.39 is 0 Å². The quantitative estimate of drug-likeness (QED) is 0.217. The molecule has 0 amide bonds. The second-order valence-electron chi connectivity index (χ2n) is 8.14. The van der Waals surface area contributed by atoms with Crippen molar-refractivity contribution >= 4 is 45.5 Å². The molecular formula is C27H18N2S. The van der Waals surface area contributed by atoms with E-state index in [1.165, 1.54) is 44.1 Å². The number of fused-ring (bicyclic) bond motifs is 13. The summed E-state index contributed by atoms with van der Waals surface area (Å²) < 4.78 is 2.37. The molecule has 2 aliphatic carbocycles. The van der Waals surface area contributed by atoms with Gasteiger partial charge in [0, 0.05) is 27.1 Å². The van der Waals surface area contributed by atoms with Crippen LogP contribution in [0.1, 0.15) is 23.6 Å². The molecule has 1 atom stereocenters. The highest BCUT2D eigenvalue weighted by Crippen LogP contribution is 2.50. The summed E-state index contributed by atoms with van der Waals surface area (Å²) >= 11 is 4.61. The second-order valence-corrected chi connectivity index (χ2v) is 8.66. The van der Waals surface area contributed by atoms with E-state index in [4.69, 9.17) is 4.98 Å². The van der Waals surface area contributed by atoms with Crippen LogP contribution in [0, 0.1) is 0 Å². The molecule has 2 aliphatic rings. The van der Waals surface area contributed by atoms with Gasteiger partial charge in [0.1, 0.15) is 5.65 Å². The van der Waals surface area contributed by atoms with Gasteiger partial charge in [0.05, 0.1) is 16.9 Å². The molecule has 142 valence electrons. The molecule has 0 saturated heterocycles. The molecule has 0 saturated carbocycles. The fourth-order valence-electron chi connectivity index (χ4n) is 5.32. The van der Waals surface area contributed by atoms with Crippen molar-refractivity contribution < 1.29 is 0 Å². The van der Waals surface area contributed by atoms with Gasteiger partial charge in [0.15, 0.2) is 0 Å². The Kier molecular flexibility index (Phi) is 3.22. The minimum atomic E-state index is 0.380. The van der Waals surface area contributed by atoms with Gasteiger partial charge in [0.25, 0.3) is 0 Å². The summed E-state index contributed by atoms with van der Waals surface area (Å²) in [5, 5.41) is 3.60. The van der Waals surface area contributed by atoms with Crippen LogP contribution in [0.15, 0.2) is 89.9 Å². The van der Waals surface area contributed by atoms with Crippen LogP contribution in [-0.2, 0) is 0 Å². The third-order valence-electron chi connectivity index (χ3n) is 6.58. The third kappa shape index (κ3) is 2.03. The molecule has 0 aliphatic heterocycles. The maximum Gasteiger partial charge on any atom is 0.146 e. The lowest BCUT2D eigenvalue weighted by Gasteiger charge is -2.29. The fraction of sp³-hybridized carbons (Fsp3) is 0.0741. The number of para-hydroxylation sites is 1. The number of aromatic nitrogens is 2. The monoisotopic (exact) mass is 402 g/mol. The Morgan fingerprint density at radius 3 is 2.73 bits per heavy atom. The van der Waals surface area contributed by atoms with Crippen LogP contribution < -0.4 is 0 Å². The number of imidazole rings is 1. The van der Waals surface area contributed by atoms with Gasteiger partial charge in [-0.1, -0.05) is 60.7 Å². The van der Waals surface area contributed by atoms with Crippen LogP contribution in [0.3, 0.4) is 0 Å². The zero-order valence-electron chi connectivity index (χ0n) is 16.2. The first kappa shape index (κ1) is 16.5. The number of nitrogens with zero attached hydrogens (tertiary/aromatic N) is 2.